The summed E-state index contributed by atoms with van der Waals surface area (Å²) in [5.41, 5.74) is 2.51. The quantitative estimate of drug-likeness (QED) is 0.624. The summed E-state index contributed by atoms with van der Waals surface area (Å²) in [5.74, 6) is 0.995. The van der Waals surface area contributed by atoms with Crippen LogP contribution < -0.4 is 4.90 Å². The Morgan fingerprint density at radius 3 is 2.97 bits per heavy atom. The molecule has 3 aromatic rings. The normalized spacial score (nSPS) is 19.9. The van der Waals surface area contributed by atoms with Crippen molar-refractivity contribution in [3.63, 3.8) is 0 Å². The van der Waals surface area contributed by atoms with Gasteiger partial charge in [-0.05, 0) is 35.2 Å². The number of thiophene rings is 1. The molecule has 0 bridgehead atoms. The molecule has 0 aliphatic carbocycles. The Kier molecular flexibility index (Phi) is 5.11. The van der Waals surface area contributed by atoms with E-state index in [0.29, 0.717) is 38.3 Å². The van der Waals surface area contributed by atoms with Crippen LogP contribution in [0.1, 0.15) is 18.4 Å². The third-order valence-electron chi connectivity index (χ3n) is 5.49. The summed E-state index contributed by atoms with van der Waals surface area (Å²) in [7, 11) is 0. The highest BCUT2D eigenvalue weighted by Gasteiger charge is 2.26. The van der Waals surface area contributed by atoms with Gasteiger partial charge in [-0.3, -0.25) is 4.79 Å². The number of anilines is 1. The van der Waals surface area contributed by atoms with Crippen LogP contribution in [0.2, 0.25) is 0 Å². The van der Waals surface area contributed by atoms with Gasteiger partial charge < -0.3 is 14.5 Å². The van der Waals surface area contributed by atoms with Gasteiger partial charge in [0.25, 0.3) is 0 Å². The zero-order valence-electron chi connectivity index (χ0n) is 16.1. The highest BCUT2D eigenvalue weighted by atomic mass is 32.1. The van der Waals surface area contributed by atoms with E-state index in [1.54, 1.807) is 22.3 Å². The van der Waals surface area contributed by atoms with Gasteiger partial charge >= 0.3 is 0 Å². The van der Waals surface area contributed by atoms with Crippen LogP contribution in [0.15, 0.2) is 23.2 Å². The summed E-state index contributed by atoms with van der Waals surface area (Å²) >= 11 is 1.61. The van der Waals surface area contributed by atoms with Crippen molar-refractivity contribution in [1.82, 2.24) is 29.9 Å². The number of ether oxygens (including phenoxy) is 1. The third kappa shape index (κ3) is 3.82. The molecule has 152 valence electrons. The van der Waals surface area contributed by atoms with Gasteiger partial charge in [-0.25, -0.2) is 14.6 Å². The molecular weight excluding hydrogens is 390 g/mol. The molecule has 2 aliphatic heterocycles. The van der Waals surface area contributed by atoms with E-state index in [2.05, 4.69) is 25.2 Å². The predicted molar refractivity (Wildman–Crippen MR) is 109 cm³/mol. The minimum atomic E-state index is -0.134. The van der Waals surface area contributed by atoms with Crippen molar-refractivity contribution in [3.05, 3.63) is 28.7 Å². The van der Waals surface area contributed by atoms with Crippen molar-refractivity contribution in [2.24, 2.45) is 0 Å². The lowest BCUT2D eigenvalue weighted by Crippen LogP contribution is -2.47. The maximum absolute atomic E-state index is 12.6. The second-order valence-electron chi connectivity index (χ2n) is 7.48. The molecule has 29 heavy (non-hydrogen) atoms. The van der Waals surface area contributed by atoms with Crippen LogP contribution in [0.3, 0.4) is 0 Å². The fraction of sp³-hybridized carbons (Fsp3) is 0.526. The Hall–Kier alpha value is -2.59. The van der Waals surface area contributed by atoms with Crippen molar-refractivity contribution in [3.8, 4) is 0 Å². The number of fused-ring (bicyclic) bond motifs is 1. The van der Waals surface area contributed by atoms with Crippen LogP contribution in [0.5, 0.6) is 0 Å². The number of aromatic nitrogens is 5. The molecule has 2 aliphatic rings. The lowest BCUT2D eigenvalue weighted by molar-refractivity contribution is -0.138. The summed E-state index contributed by atoms with van der Waals surface area (Å²) < 4.78 is 7.68. The van der Waals surface area contributed by atoms with Crippen LogP contribution >= 0.6 is 11.3 Å². The Morgan fingerprint density at radius 2 is 2.14 bits per heavy atom. The first-order valence-corrected chi connectivity index (χ1v) is 10.9. The molecule has 0 N–H and O–H groups in total. The molecule has 9 nitrogen and oxygen atoms in total. The van der Waals surface area contributed by atoms with Crippen LogP contribution in [-0.4, -0.2) is 74.7 Å². The number of amides is 1. The predicted octanol–water partition coefficient (Wildman–Crippen LogP) is 1.35. The van der Waals surface area contributed by atoms with Gasteiger partial charge in [0.2, 0.25) is 5.91 Å². The van der Waals surface area contributed by atoms with Crippen LogP contribution in [0, 0.1) is 0 Å². The van der Waals surface area contributed by atoms with E-state index in [1.807, 2.05) is 21.7 Å². The number of hydrogen-bond acceptors (Lipinski definition) is 8. The summed E-state index contributed by atoms with van der Waals surface area (Å²) in [5, 5.41) is 12.7. The smallest absolute Gasteiger partial charge is 0.227 e. The molecular formula is C19H23N7O2S. The number of rotatable bonds is 5. The van der Waals surface area contributed by atoms with E-state index in [-0.39, 0.29) is 12.0 Å². The zero-order chi connectivity index (χ0) is 19.6. The second-order valence-corrected chi connectivity index (χ2v) is 8.26. The Balaban J connectivity index is 1.29. The molecule has 5 rings (SSSR count). The van der Waals surface area contributed by atoms with Crippen molar-refractivity contribution in [2.45, 2.75) is 31.9 Å². The molecule has 2 saturated heterocycles. The molecule has 0 saturated carbocycles. The highest BCUT2D eigenvalue weighted by molar-refractivity contribution is 7.08. The molecule has 0 radical (unpaired) electrons. The topological polar surface area (TPSA) is 89.3 Å². The molecule has 1 atom stereocenters. The first-order valence-electron chi connectivity index (χ1n) is 9.97. The molecule has 2 fully saturated rings. The molecule has 10 heteroatoms. The Bertz CT molecular complexity index is 984. The average Bonchev–Trinajstić information content (AvgIpc) is 3.51. The Labute approximate surface area is 172 Å². The molecule has 3 aromatic heterocycles. The largest absolute Gasteiger partial charge is 0.373 e. The SMILES string of the molecule is O=C(Cc1ccsc1)N1CCO[C@@H](Cn2nnc3c(N4CCCC4)ncnc32)C1. The molecule has 0 aromatic carbocycles. The van der Waals surface area contributed by atoms with E-state index < -0.39 is 0 Å². The van der Waals surface area contributed by atoms with Gasteiger partial charge in [0.05, 0.1) is 25.7 Å². The summed E-state index contributed by atoms with van der Waals surface area (Å²) in [6.07, 6.45) is 4.23. The minimum Gasteiger partial charge on any atom is -0.373 e. The average molecular weight is 414 g/mol. The number of nitrogens with zero attached hydrogens (tertiary/aromatic N) is 7. The van der Waals surface area contributed by atoms with Gasteiger partial charge in [0.1, 0.15) is 6.33 Å². The fourth-order valence-electron chi connectivity index (χ4n) is 3.99. The first kappa shape index (κ1) is 18.4. The monoisotopic (exact) mass is 413 g/mol. The third-order valence-corrected chi connectivity index (χ3v) is 6.22. The molecule has 0 unspecified atom stereocenters. The summed E-state index contributed by atoms with van der Waals surface area (Å²) in [6, 6.07) is 2.00. The van der Waals surface area contributed by atoms with Gasteiger partial charge in [0.15, 0.2) is 17.0 Å². The van der Waals surface area contributed by atoms with Gasteiger partial charge in [0, 0.05) is 26.2 Å². The number of hydrogen-bond donors (Lipinski definition) is 0. The van der Waals surface area contributed by atoms with E-state index in [1.165, 1.54) is 12.8 Å². The second kappa shape index (κ2) is 8.03. The molecule has 1 amide bonds. The molecule has 0 spiro atoms. The van der Waals surface area contributed by atoms with Gasteiger partial charge in [-0.1, -0.05) is 5.21 Å². The molecule has 5 heterocycles. The van der Waals surface area contributed by atoms with Crippen molar-refractivity contribution in [2.75, 3.05) is 37.7 Å². The van der Waals surface area contributed by atoms with E-state index in [9.17, 15) is 4.79 Å². The van der Waals surface area contributed by atoms with Crippen LogP contribution in [-0.2, 0) is 22.5 Å². The summed E-state index contributed by atoms with van der Waals surface area (Å²) in [6.45, 7) is 4.20. The maximum atomic E-state index is 12.6. The Morgan fingerprint density at radius 1 is 1.24 bits per heavy atom. The zero-order valence-corrected chi connectivity index (χ0v) is 16.9. The van der Waals surface area contributed by atoms with Crippen LogP contribution in [0.25, 0.3) is 11.2 Å². The number of morpholine rings is 1. The maximum Gasteiger partial charge on any atom is 0.227 e. The van der Waals surface area contributed by atoms with Gasteiger partial charge in [-0.15, -0.1) is 5.10 Å². The van der Waals surface area contributed by atoms with Gasteiger partial charge in [-0.2, -0.15) is 11.3 Å². The lowest BCUT2D eigenvalue weighted by atomic mass is 10.2. The van der Waals surface area contributed by atoms with E-state index in [4.69, 9.17) is 4.74 Å². The number of carbonyl (C=O) groups is 1. The van der Waals surface area contributed by atoms with Crippen molar-refractivity contribution >= 4 is 34.2 Å². The lowest BCUT2D eigenvalue weighted by Gasteiger charge is -2.33. The summed E-state index contributed by atoms with van der Waals surface area (Å²) in [4.78, 5) is 25.6. The standard InChI is InChI=1S/C19H23N7O2S/c27-16(9-14-3-8-29-12-14)25-6-7-28-15(10-25)11-26-19-17(22-23-26)18(20-13-21-19)24-4-1-2-5-24/h3,8,12-13,15H,1-2,4-7,9-11H2/t15-/m1/s1. The van der Waals surface area contributed by atoms with Crippen molar-refractivity contribution in [1.29, 1.82) is 0 Å². The first-order chi connectivity index (χ1) is 14.3. The van der Waals surface area contributed by atoms with Crippen molar-refractivity contribution < 1.29 is 9.53 Å². The van der Waals surface area contributed by atoms with E-state index >= 15 is 0 Å². The van der Waals surface area contributed by atoms with Crippen LogP contribution in [0.4, 0.5) is 5.82 Å². The fourth-order valence-corrected chi connectivity index (χ4v) is 4.66. The highest BCUT2D eigenvalue weighted by Crippen LogP contribution is 2.24. The van der Waals surface area contributed by atoms with E-state index in [0.717, 1.165) is 30.0 Å². The minimum absolute atomic E-state index is 0.134. The number of carbonyl (C=O) groups excluding carboxylic acids is 1.